The summed E-state index contributed by atoms with van der Waals surface area (Å²) in [5, 5.41) is 0. The predicted octanol–water partition coefficient (Wildman–Crippen LogP) is 25.2. The normalized spacial score (nSPS) is 10.8. The molecule has 0 aliphatic rings. The predicted molar refractivity (Wildman–Crippen MR) is 508 cm³/mol. The van der Waals surface area contributed by atoms with Crippen molar-refractivity contribution in [1.29, 1.82) is 0 Å². The Bertz CT molecular complexity index is 7050. The number of halogens is 1. The van der Waals surface area contributed by atoms with E-state index >= 15 is 0 Å². The van der Waals surface area contributed by atoms with Gasteiger partial charge in [-0.05, 0) is 162 Å². The molecule has 0 saturated carbocycles. The Labute approximate surface area is 748 Å². The van der Waals surface area contributed by atoms with Crippen LogP contribution in [0.4, 0.5) is 10.1 Å². The second-order valence-corrected chi connectivity index (χ2v) is 30.0. The molecule has 21 aromatic rings. The zero-order chi connectivity index (χ0) is 87.7. The second-order valence-electron chi connectivity index (χ2n) is 30.0. The van der Waals surface area contributed by atoms with Gasteiger partial charge in [-0.3, -0.25) is 29.9 Å². The molecule has 0 amide bonds. The summed E-state index contributed by atoms with van der Waals surface area (Å²) in [6.45, 7) is 9.38. The number of benzene rings is 9. The molecular formula is C110H72FN19. The highest BCUT2D eigenvalue weighted by molar-refractivity contribution is 5.81. The fourth-order valence-corrected chi connectivity index (χ4v) is 14.4. The van der Waals surface area contributed by atoms with Gasteiger partial charge in [0.05, 0.1) is 74.9 Å². The van der Waals surface area contributed by atoms with Crippen LogP contribution < -0.4 is 0 Å². The molecule has 0 bridgehead atoms. The van der Waals surface area contributed by atoms with E-state index in [-0.39, 0.29) is 5.82 Å². The summed E-state index contributed by atoms with van der Waals surface area (Å²) >= 11 is 0. The van der Waals surface area contributed by atoms with Gasteiger partial charge in [-0.1, -0.05) is 266 Å². The van der Waals surface area contributed by atoms with Crippen molar-refractivity contribution in [2.24, 2.45) is 0 Å². The minimum atomic E-state index is -0.288. The lowest BCUT2D eigenvalue weighted by Crippen LogP contribution is -2.00. The molecule has 20 heteroatoms. The van der Waals surface area contributed by atoms with Crippen LogP contribution in [0.25, 0.3) is 209 Å². The van der Waals surface area contributed by atoms with Gasteiger partial charge in [0.1, 0.15) is 5.82 Å². The maximum atomic E-state index is 13.7. The van der Waals surface area contributed by atoms with Gasteiger partial charge in [0, 0.05) is 87.3 Å². The van der Waals surface area contributed by atoms with Gasteiger partial charge < -0.3 is 0 Å². The number of rotatable bonds is 18. The summed E-state index contributed by atoms with van der Waals surface area (Å²) in [6, 6.07) is 123. The summed E-state index contributed by atoms with van der Waals surface area (Å²) in [5.41, 5.74) is 24.2. The summed E-state index contributed by atoms with van der Waals surface area (Å²) in [6.07, 6.45) is 10.6. The molecule has 0 unspecified atom stereocenters. The molecule has 12 heterocycles. The van der Waals surface area contributed by atoms with E-state index in [1.54, 1.807) is 49.3 Å². The molecule has 0 atom stereocenters. The molecule has 0 saturated heterocycles. The van der Waals surface area contributed by atoms with Gasteiger partial charge >= 0.3 is 0 Å². The minimum absolute atomic E-state index is 0.288. The number of hydrogen-bond donors (Lipinski definition) is 0. The molecule has 9 aromatic carbocycles. The average molecular weight is 1680 g/mol. The first-order valence-corrected chi connectivity index (χ1v) is 41.7. The number of nitrogens with zero attached hydrogens (tertiary/aromatic N) is 19. The number of pyridine rings is 9. The SMILES string of the molecule is Cc1ccc(-c2cc(-c3ccccn3)nc(-c3ccc(-c4nc(-c5ccccc5)nc(-c5ccccc5)n4)cn3)c2)cc1.Fc1ccc(-c2cc(-c3ccccn3)nc(-c3ccc(-c4nc(-c5ccccc5)nc(-c5ccccc5)n4)cn3)c2)cc1.[C-]#[N+]c1ccc(-c2cc(-c3ccccn3)nc(-c3ccc(-c4nc(-c5ccccc5)nc(-c5ccccc5)n4)cn3)c2)cc1. The molecular weight excluding hydrogens is 1610 g/mol. The molecule has 19 nitrogen and oxygen atoms in total. The molecule has 0 aliphatic heterocycles. The van der Waals surface area contributed by atoms with Crippen molar-refractivity contribution in [3.8, 4) is 204 Å². The zero-order valence-electron chi connectivity index (χ0n) is 69.7. The van der Waals surface area contributed by atoms with Gasteiger partial charge in [0.2, 0.25) is 0 Å². The molecule has 0 fully saturated rings. The molecule has 21 rings (SSSR count). The lowest BCUT2D eigenvalue weighted by molar-refractivity contribution is 0.628. The van der Waals surface area contributed by atoms with Crippen molar-refractivity contribution in [3.63, 3.8) is 0 Å². The summed E-state index contributed by atoms with van der Waals surface area (Å²) in [5.74, 6) is 4.91. The van der Waals surface area contributed by atoms with Crippen LogP contribution >= 0.6 is 0 Å². The monoisotopic (exact) mass is 1680 g/mol. The Kier molecular flexibility index (Phi) is 24.0. The lowest BCUT2D eigenvalue weighted by Gasteiger charge is -2.11. The van der Waals surface area contributed by atoms with Gasteiger partial charge in [0.15, 0.2) is 58.1 Å². The van der Waals surface area contributed by atoms with Crippen LogP contribution in [-0.2, 0) is 0 Å². The molecule has 0 N–H and O–H groups in total. The third-order valence-corrected chi connectivity index (χ3v) is 21.1. The highest BCUT2D eigenvalue weighted by atomic mass is 19.1. The van der Waals surface area contributed by atoms with Crippen LogP contribution in [0, 0.1) is 19.3 Å². The van der Waals surface area contributed by atoms with E-state index in [4.69, 9.17) is 81.3 Å². The van der Waals surface area contributed by atoms with Crippen molar-refractivity contribution in [1.82, 2.24) is 89.7 Å². The van der Waals surface area contributed by atoms with Crippen LogP contribution in [0.2, 0.25) is 0 Å². The first-order valence-electron chi connectivity index (χ1n) is 41.7. The quantitative estimate of drug-likeness (QED) is 0.0726. The van der Waals surface area contributed by atoms with E-state index in [1.807, 2.05) is 322 Å². The van der Waals surface area contributed by atoms with E-state index < -0.39 is 0 Å². The maximum Gasteiger partial charge on any atom is 0.187 e. The third-order valence-electron chi connectivity index (χ3n) is 21.1. The first-order chi connectivity index (χ1) is 64.1. The van der Waals surface area contributed by atoms with Crippen molar-refractivity contribution < 1.29 is 4.39 Å². The Morgan fingerprint density at radius 1 is 0.185 bits per heavy atom. The van der Waals surface area contributed by atoms with Crippen LogP contribution in [0.3, 0.4) is 0 Å². The number of hydrogen-bond acceptors (Lipinski definition) is 18. The average Bonchev–Trinajstić information content (AvgIpc) is 0.797. The third kappa shape index (κ3) is 19.2. The molecule has 614 valence electrons. The molecule has 130 heavy (non-hydrogen) atoms. The highest BCUT2D eigenvalue weighted by Gasteiger charge is 2.21. The Morgan fingerprint density at radius 3 is 0.623 bits per heavy atom. The van der Waals surface area contributed by atoms with Gasteiger partial charge in [0.25, 0.3) is 0 Å². The standard InChI is InChI=1S/C37H23N7.C37H26N6.C36H23FN6/c1-38-30-18-15-25(16-19-30)29-22-33(31-14-8-9-21-39-31)41-34(23-29)32-20-17-28(24-40-32)37-43-35(26-10-4-2-5-11-26)42-36(44-37)27-12-6-3-7-13-27;1-25-15-17-26(18-16-25)30-22-33(31-14-8-9-21-38-31)40-34(23-30)32-20-19-29(24-39-32)37-42-35(27-10-4-2-5-11-27)41-36(43-37)28-12-6-3-7-13-28;37-29-17-14-24(15-18-29)28-21-32(30-13-7-8-20-38-30)40-33(22-28)31-19-16-27(23-39-31)36-42-34(25-9-3-1-4-10-25)41-35(43-36)26-11-5-2-6-12-26/h2-24H;2-24H,1H3;1-23H. The number of aryl methyl sites for hydroxylation is 1. The first kappa shape index (κ1) is 81.4. The number of aromatic nitrogens is 18. The second kappa shape index (κ2) is 38.3. The topological polar surface area (TPSA) is 236 Å². The smallest absolute Gasteiger partial charge is 0.187 e. The van der Waals surface area contributed by atoms with Gasteiger partial charge in [-0.15, -0.1) is 0 Å². The molecule has 0 spiro atoms. The summed E-state index contributed by atoms with van der Waals surface area (Å²) in [7, 11) is 0. The fraction of sp³-hybridized carbons (Fsp3) is 0.00909. The fourth-order valence-electron chi connectivity index (χ4n) is 14.4. The largest absolute Gasteiger partial charge is 0.255 e. The zero-order valence-corrected chi connectivity index (χ0v) is 69.7. The van der Waals surface area contributed by atoms with Crippen LogP contribution in [0.5, 0.6) is 0 Å². The molecule has 12 aromatic heterocycles. The van der Waals surface area contributed by atoms with E-state index in [0.717, 1.165) is 123 Å². The van der Waals surface area contributed by atoms with E-state index in [9.17, 15) is 4.39 Å². The molecule has 0 aliphatic carbocycles. The van der Waals surface area contributed by atoms with Crippen LogP contribution in [0.1, 0.15) is 5.56 Å². The van der Waals surface area contributed by atoms with Crippen molar-refractivity contribution in [3.05, 3.63) is 442 Å². The summed E-state index contributed by atoms with van der Waals surface area (Å²) in [4.78, 5) is 89.5. The summed E-state index contributed by atoms with van der Waals surface area (Å²) < 4.78 is 13.7. The van der Waals surface area contributed by atoms with Crippen molar-refractivity contribution in [2.45, 2.75) is 6.92 Å². The maximum absolute atomic E-state index is 13.7. The highest BCUT2D eigenvalue weighted by Crippen LogP contribution is 2.37. The van der Waals surface area contributed by atoms with Gasteiger partial charge in [-0.2, -0.15) is 0 Å². The van der Waals surface area contributed by atoms with Gasteiger partial charge in [-0.25, -0.2) is 69.0 Å². The van der Waals surface area contributed by atoms with E-state index in [0.29, 0.717) is 86.6 Å². The van der Waals surface area contributed by atoms with Crippen LogP contribution in [-0.4, -0.2) is 89.7 Å². The van der Waals surface area contributed by atoms with E-state index in [1.165, 1.54) is 17.7 Å². The Balaban J connectivity index is 0.000000126. The van der Waals surface area contributed by atoms with Crippen LogP contribution in [0.15, 0.2) is 419 Å². The van der Waals surface area contributed by atoms with E-state index in [2.05, 4.69) is 63.1 Å². The Morgan fingerprint density at radius 2 is 0.400 bits per heavy atom. The lowest BCUT2D eigenvalue weighted by atomic mass is 10.0. The van der Waals surface area contributed by atoms with Crippen molar-refractivity contribution >= 4 is 5.69 Å². The molecule has 0 radical (unpaired) electrons. The Hall–Kier alpha value is -18.2. The van der Waals surface area contributed by atoms with Crippen molar-refractivity contribution in [2.75, 3.05) is 0 Å². The minimum Gasteiger partial charge on any atom is -0.255 e.